The Labute approximate surface area is 170 Å². The minimum Gasteiger partial charge on any atom is -0.480 e. The molecule has 1 aromatic heterocycles. The van der Waals surface area contributed by atoms with Crippen LogP contribution in [-0.2, 0) is 4.79 Å². The van der Waals surface area contributed by atoms with Gasteiger partial charge in [-0.05, 0) is 75.8 Å². The van der Waals surface area contributed by atoms with Gasteiger partial charge in [-0.3, -0.25) is 14.5 Å². The molecule has 0 saturated heterocycles. The molecule has 0 unspecified atom stereocenters. The number of rotatable bonds is 8. The molecule has 0 radical (unpaired) electrons. The first kappa shape index (κ1) is 19.6. The Hall–Kier alpha value is -2.67. The van der Waals surface area contributed by atoms with E-state index in [0.717, 1.165) is 36.5 Å². The zero-order valence-corrected chi connectivity index (χ0v) is 17.0. The molecule has 154 valence electrons. The fraction of sp³-hybridized carbons (Fsp3) is 0.500. The number of carboxylic acid groups (broad SMARTS) is 1. The van der Waals surface area contributed by atoms with Crippen LogP contribution < -0.4 is 5.32 Å². The summed E-state index contributed by atoms with van der Waals surface area (Å²) in [7, 11) is 0. The van der Waals surface area contributed by atoms with Gasteiger partial charge < -0.3 is 10.4 Å². The lowest BCUT2D eigenvalue weighted by molar-refractivity contribution is -0.139. The van der Waals surface area contributed by atoms with Crippen molar-refractivity contribution in [2.45, 2.75) is 51.6 Å². The molecule has 1 aromatic carbocycles. The summed E-state index contributed by atoms with van der Waals surface area (Å²) in [6, 6.07) is 9.83. The first-order chi connectivity index (χ1) is 13.9. The molecule has 0 spiro atoms. The molecule has 2 N–H and O–H groups in total. The van der Waals surface area contributed by atoms with Crippen molar-refractivity contribution in [1.82, 2.24) is 20.0 Å². The van der Waals surface area contributed by atoms with Gasteiger partial charge in [0.25, 0.3) is 5.91 Å². The summed E-state index contributed by atoms with van der Waals surface area (Å²) in [6.07, 6.45) is 4.04. The standard InChI is InChI=1S/C22H28N4O3/c1-14-9-15(2)26(24-14)19-7-5-17(6-8-19)22(29)23-18-10-20(11-18)25(13-21(27)28)12-16-3-4-16/h5-9,16,18,20H,3-4,10-13H2,1-2H3,(H,23,29)(H,27,28). The first-order valence-corrected chi connectivity index (χ1v) is 10.3. The van der Waals surface area contributed by atoms with Gasteiger partial charge in [-0.25, -0.2) is 4.68 Å². The maximum atomic E-state index is 12.6. The monoisotopic (exact) mass is 396 g/mol. The number of benzene rings is 1. The Balaban J connectivity index is 1.31. The number of aryl methyl sites for hydroxylation is 2. The lowest BCUT2D eigenvalue weighted by Gasteiger charge is -2.42. The fourth-order valence-corrected chi connectivity index (χ4v) is 4.07. The molecule has 1 amide bonds. The Morgan fingerprint density at radius 2 is 1.90 bits per heavy atom. The molecule has 2 aliphatic rings. The highest BCUT2D eigenvalue weighted by atomic mass is 16.4. The summed E-state index contributed by atoms with van der Waals surface area (Å²) in [5.74, 6) is -0.204. The van der Waals surface area contributed by atoms with Crippen LogP contribution in [0.25, 0.3) is 5.69 Å². The van der Waals surface area contributed by atoms with Crippen LogP contribution in [0, 0.1) is 19.8 Å². The zero-order chi connectivity index (χ0) is 20.5. The summed E-state index contributed by atoms with van der Waals surface area (Å²) in [5, 5.41) is 16.7. The predicted octanol–water partition coefficient (Wildman–Crippen LogP) is 2.55. The van der Waals surface area contributed by atoms with E-state index < -0.39 is 5.97 Å². The van der Waals surface area contributed by atoms with Crippen LogP contribution in [0.1, 0.15) is 47.4 Å². The topological polar surface area (TPSA) is 87.5 Å². The average Bonchev–Trinajstić information content (AvgIpc) is 3.39. The summed E-state index contributed by atoms with van der Waals surface area (Å²) >= 11 is 0. The molecule has 1 heterocycles. The van der Waals surface area contributed by atoms with Crippen molar-refractivity contribution in [1.29, 1.82) is 0 Å². The lowest BCUT2D eigenvalue weighted by Crippen LogP contribution is -2.55. The van der Waals surface area contributed by atoms with Gasteiger partial charge in [-0.2, -0.15) is 5.10 Å². The number of hydrogen-bond donors (Lipinski definition) is 2. The van der Waals surface area contributed by atoms with Gasteiger partial charge in [0, 0.05) is 29.9 Å². The van der Waals surface area contributed by atoms with E-state index in [-0.39, 0.29) is 24.5 Å². The fourth-order valence-electron chi connectivity index (χ4n) is 4.07. The molecular formula is C22H28N4O3. The number of carbonyl (C=O) groups excluding carboxylic acids is 1. The van der Waals surface area contributed by atoms with E-state index in [1.54, 1.807) is 0 Å². The second kappa shape index (κ2) is 7.99. The molecule has 0 aliphatic heterocycles. The van der Waals surface area contributed by atoms with E-state index in [2.05, 4.69) is 15.3 Å². The van der Waals surface area contributed by atoms with E-state index in [9.17, 15) is 9.59 Å². The first-order valence-electron chi connectivity index (χ1n) is 10.3. The molecule has 7 heteroatoms. The summed E-state index contributed by atoms with van der Waals surface area (Å²) < 4.78 is 1.87. The van der Waals surface area contributed by atoms with E-state index in [0.29, 0.717) is 11.5 Å². The normalized spacial score (nSPS) is 21.1. The van der Waals surface area contributed by atoms with Crippen molar-refractivity contribution in [3.63, 3.8) is 0 Å². The maximum Gasteiger partial charge on any atom is 0.317 e. The minimum absolute atomic E-state index is 0.0830. The van der Waals surface area contributed by atoms with Gasteiger partial charge in [0.2, 0.25) is 0 Å². The number of aromatic nitrogens is 2. The minimum atomic E-state index is -0.777. The van der Waals surface area contributed by atoms with Crippen LogP contribution in [0.2, 0.25) is 0 Å². The molecule has 2 aliphatic carbocycles. The van der Waals surface area contributed by atoms with Crippen molar-refractivity contribution in [2.75, 3.05) is 13.1 Å². The number of hydrogen-bond acceptors (Lipinski definition) is 4. The Kier molecular flexibility index (Phi) is 5.41. The Morgan fingerprint density at radius 3 is 2.45 bits per heavy atom. The third-order valence-electron chi connectivity index (χ3n) is 5.88. The smallest absolute Gasteiger partial charge is 0.317 e. The Morgan fingerprint density at radius 1 is 1.21 bits per heavy atom. The summed E-state index contributed by atoms with van der Waals surface area (Å²) in [4.78, 5) is 25.8. The van der Waals surface area contributed by atoms with Gasteiger partial charge in [-0.1, -0.05) is 0 Å². The van der Waals surface area contributed by atoms with Gasteiger partial charge >= 0.3 is 5.97 Å². The van der Waals surface area contributed by atoms with Crippen molar-refractivity contribution in [3.05, 3.63) is 47.3 Å². The SMILES string of the molecule is Cc1cc(C)n(-c2ccc(C(=O)NC3CC(N(CC(=O)O)CC4CC4)C3)cc2)n1. The quantitative estimate of drug-likeness (QED) is 0.716. The molecular weight excluding hydrogens is 368 g/mol. The van der Waals surface area contributed by atoms with Gasteiger partial charge in [0.1, 0.15) is 0 Å². The molecule has 2 fully saturated rings. The van der Waals surface area contributed by atoms with E-state index >= 15 is 0 Å². The predicted molar refractivity (Wildman–Crippen MR) is 109 cm³/mol. The molecule has 0 atom stereocenters. The maximum absolute atomic E-state index is 12.6. The van der Waals surface area contributed by atoms with Crippen LogP contribution in [-0.4, -0.2) is 56.8 Å². The number of carbonyl (C=O) groups is 2. The third-order valence-corrected chi connectivity index (χ3v) is 5.88. The highest BCUT2D eigenvalue weighted by molar-refractivity contribution is 5.94. The summed E-state index contributed by atoms with van der Waals surface area (Å²) in [5.41, 5.74) is 3.57. The highest BCUT2D eigenvalue weighted by Crippen LogP contribution is 2.33. The van der Waals surface area contributed by atoms with Crippen molar-refractivity contribution >= 4 is 11.9 Å². The van der Waals surface area contributed by atoms with Gasteiger partial charge in [0.15, 0.2) is 0 Å². The van der Waals surface area contributed by atoms with Crippen molar-refractivity contribution in [2.24, 2.45) is 5.92 Å². The second-order valence-electron chi connectivity index (χ2n) is 8.45. The van der Waals surface area contributed by atoms with E-state index in [1.165, 1.54) is 12.8 Å². The molecule has 29 heavy (non-hydrogen) atoms. The molecule has 2 aromatic rings. The number of aliphatic carboxylic acids is 1. The van der Waals surface area contributed by atoms with E-state index in [4.69, 9.17) is 5.11 Å². The number of amides is 1. The lowest BCUT2D eigenvalue weighted by atomic mass is 9.85. The molecule has 0 bridgehead atoms. The second-order valence-corrected chi connectivity index (χ2v) is 8.45. The molecule has 2 saturated carbocycles. The van der Waals surface area contributed by atoms with Crippen molar-refractivity contribution in [3.8, 4) is 5.69 Å². The third kappa shape index (κ3) is 4.67. The summed E-state index contributed by atoms with van der Waals surface area (Å²) in [6.45, 7) is 4.92. The average molecular weight is 396 g/mol. The van der Waals surface area contributed by atoms with Crippen molar-refractivity contribution < 1.29 is 14.7 Å². The highest BCUT2D eigenvalue weighted by Gasteiger charge is 2.37. The Bertz CT molecular complexity index is 895. The molecule has 7 nitrogen and oxygen atoms in total. The van der Waals surface area contributed by atoms with Gasteiger partial charge in [0.05, 0.1) is 17.9 Å². The van der Waals surface area contributed by atoms with Crippen LogP contribution in [0.3, 0.4) is 0 Å². The zero-order valence-electron chi connectivity index (χ0n) is 17.0. The van der Waals surface area contributed by atoms with Crippen LogP contribution >= 0.6 is 0 Å². The van der Waals surface area contributed by atoms with Crippen LogP contribution in [0.4, 0.5) is 0 Å². The number of carboxylic acids is 1. The van der Waals surface area contributed by atoms with Crippen LogP contribution in [0.5, 0.6) is 0 Å². The van der Waals surface area contributed by atoms with Crippen LogP contribution in [0.15, 0.2) is 30.3 Å². The van der Waals surface area contributed by atoms with E-state index in [1.807, 2.05) is 48.9 Å². The largest absolute Gasteiger partial charge is 0.480 e. The number of nitrogens with zero attached hydrogens (tertiary/aromatic N) is 3. The van der Waals surface area contributed by atoms with Gasteiger partial charge in [-0.15, -0.1) is 0 Å². The number of nitrogens with one attached hydrogen (secondary N) is 1. The molecule has 4 rings (SSSR count).